The van der Waals surface area contributed by atoms with Gasteiger partial charge in [0.15, 0.2) is 0 Å². The second-order valence-corrected chi connectivity index (χ2v) is 12.2. The summed E-state index contributed by atoms with van der Waals surface area (Å²) in [5.41, 5.74) is 7.41. The third-order valence-corrected chi connectivity index (χ3v) is 9.03. The average Bonchev–Trinajstić information content (AvgIpc) is 3.58. The van der Waals surface area contributed by atoms with E-state index in [4.69, 9.17) is 0 Å². The van der Waals surface area contributed by atoms with Crippen molar-refractivity contribution in [2.45, 2.75) is 20.0 Å². The van der Waals surface area contributed by atoms with E-state index in [-0.39, 0.29) is 0 Å². The van der Waals surface area contributed by atoms with Crippen molar-refractivity contribution in [3.8, 4) is 34.6 Å². The molecule has 0 unspecified atom stereocenters. The van der Waals surface area contributed by atoms with Crippen LogP contribution in [-0.2, 0) is 6.18 Å². The highest BCUT2D eigenvalue weighted by atomic mass is 19.4. The molecule has 6 aromatic carbocycles. The van der Waals surface area contributed by atoms with Crippen LogP contribution < -0.4 is 0 Å². The van der Waals surface area contributed by atoms with Crippen LogP contribution in [0.25, 0.3) is 66.1 Å². The molecule has 7 heteroatoms. The van der Waals surface area contributed by atoms with Crippen LogP contribution in [0.4, 0.5) is 13.2 Å². The first kappa shape index (κ1) is 29.1. The molecule has 0 saturated carbocycles. The van der Waals surface area contributed by atoms with E-state index in [9.17, 15) is 23.7 Å². The monoisotopic (exact) mass is 630 g/mol. The summed E-state index contributed by atoms with van der Waals surface area (Å²) >= 11 is 0. The van der Waals surface area contributed by atoms with Crippen molar-refractivity contribution in [3.05, 3.63) is 143 Å². The molecule has 8 rings (SSSR count). The quantitative estimate of drug-likeness (QED) is 0.195. The maximum absolute atomic E-state index is 14.2. The summed E-state index contributed by atoms with van der Waals surface area (Å²) < 4.78 is 46.5. The molecule has 8 aromatic rings. The van der Waals surface area contributed by atoms with Crippen LogP contribution in [0.2, 0.25) is 0 Å². The Bertz CT molecular complexity index is 2710. The lowest BCUT2D eigenvalue weighted by Gasteiger charge is -2.21. The van der Waals surface area contributed by atoms with Crippen LogP contribution in [0.1, 0.15) is 27.8 Å². The molecule has 0 spiro atoms. The molecular weight excluding hydrogens is 605 g/mol. The number of rotatable bonds is 3. The summed E-state index contributed by atoms with van der Waals surface area (Å²) in [6, 6.07) is 39.3. The smallest absolute Gasteiger partial charge is 0.308 e. The summed E-state index contributed by atoms with van der Waals surface area (Å²) in [6.45, 7) is 3.93. The van der Waals surface area contributed by atoms with Gasteiger partial charge >= 0.3 is 6.18 Å². The summed E-state index contributed by atoms with van der Waals surface area (Å²) in [5, 5.41) is 24.0. The van der Waals surface area contributed by atoms with Crippen molar-refractivity contribution in [1.29, 1.82) is 10.5 Å². The number of fused-ring (bicyclic) bond motifs is 6. The van der Waals surface area contributed by atoms with E-state index in [1.165, 1.54) is 12.1 Å². The molecule has 0 amide bonds. The molecular formula is C41H25F3N4. The van der Waals surface area contributed by atoms with Gasteiger partial charge in [0.1, 0.15) is 0 Å². The van der Waals surface area contributed by atoms with Gasteiger partial charge in [0.25, 0.3) is 0 Å². The molecule has 0 radical (unpaired) electrons. The van der Waals surface area contributed by atoms with Gasteiger partial charge in [-0.3, -0.25) is 0 Å². The fraction of sp³-hybridized carbons (Fsp3) is 0.0732. The predicted octanol–water partition coefficient (Wildman–Crippen LogP) is 10.9. The SMILES string of the molecule is Cc1cc(C#N)cc(-c2c(-n3c4ccccc4c4ccc(C)cc43)cc(C#N)cc2-n2c3ccccc3c3ccc(C(F)(F)F)cc32)c1. The number of aromatic nitrogens is 2. The van der Waals surface area contributed by atoms with Crippen LogP contribution in [0.15, 0.2) is 115 Å². The zero-order valence-electron chi connectivity index (χ0n) is 25.9. The molecule has 0 N–H and O–H groups in total. The molecule has 2 heterocycles. The van der Waals surface area contributed by atoms with Crippen molar-refractivity contribution in [1.82, 2.24) is 9.13 Å². The molecule has 48 heavy (non-hydrogen) atoms. The lowest BCUT2D eigenvalue weighted by atomic mass is 9.95. The number of nitrogens with zero attached hydrogens (tertiary/aromatic N) is 4. The summed E-state index contributed by atoms with van der Waals surface area (Å²) in [7, 11) is 0. The number of benzene rings is 6. The van der Waals surface area contributed by atoms with E-state index < -0.39 is 11.7 Å². The van der Waals surface area contributed by atoms with Gasteiger partial charge in [-0.05, 0) is 85.1 Å². The molecule has 0 bridgehead atoms. The highest BCUT2D eigenvalue weighted by Crippen LogP contribution is 2.44. The lowest BCUT2D eigenvalue weighted by Crippen LogP contribution is -2.07. The highest BCUT2D eigenvalue weighted by Gasteiger charge is 2.32. The Morgan fingerprint density at radius 1 is 0.521 bits per heavy atom. The number of hydrogen-bond acceptors (Lipinski definition) is 2. The van der Waals surface area contributed by atoms with Crippen LogP contribution in [-0.4, -0.2) is 9.13 Å². The van der Waals surface area contributed by atoms with Gasteiger partial charge in [0.2, 0.25) is 0 Å². The number of para-hydroxylation sites is 2. The Balaban J connectivity index is 1.62. The van der Waals surface area contributed by atoms with E-state index in [2.05, 4.69) is 41.0 Å². The van der Waals surface area contributed by atoms with Crippen molar-refractivity contribution in [3.63, 3.8) is 0 Å². The molecule has 230 valence electrons. The second-order valence-electron chi connectivity index (χ2n) is 12.2. The maximum atomic E-state index is 14.2. The molecule has 0 aliphatic carbocycles. The van der Waals surface area contributed by atoms with Crippen LogP contribution in [0.3, 0.4) is 0 Å². The van der Waals surface area contributed by atoms with Gasteiger partial charge < -0.3 is 9.13 Å². The minimum atomic E-state index is -4.56. The van der Waals surface area contributed by atoms with E-state index in [1.54, 1.807) is 18.2 Å². The molecule has 4 nitrogen and oxygen atoms in total. The maximum Gasteiger partial charge on any atom is 0.416 e. The first-order valence-electron chi connectivity index (χ1n) is 15.4. The summed E-state index contributed by atoms with van der Waals surface area (Å²) in [4.78, 5) is 0. The molecule has 0 aliphatic rings. The lowest BCUT2D eigenvalue weighted by molar-refractivity contribution is -0.137. The third-order valence-electron chi connectivity index (χ3n) is 9.03. The van der Waals surface area contributed by atoms with E-state index in [1.807, 2.05) is 73.0 Å². The average molecular weight is 631 g/mol. The van der Waals surface area contributed by atoms with Gasteiger partial charge in [-0.15, -0.1) is 0 Å². The minimum absolute atomic E-state index is 0.341. The highest BCUT2D eigenvalue weighted by molar-refractivity contribution is 6.12. The standard InChI is InChI=1S/C41H25F3N4/c1-24-11-13-32-30-7-3-5-9-34(30)47(36(32)17-24)38-19-27(23-46)20-39(40(38)28-16-25(2)15-26(18-28)22-45)48-35-10-6-4-8-31(35)33-14-12-29(21-37(33)48)41(42,43)44/h3-21H,1-2H3. The summed E-state index contributed by atoms with van der Waals surface area (Å²) in [6.07, 6.45) is -4.56. The Labute approximate surface area is 273 Å². The topological polar surface area (TPSA) is 57.4 Å². The zero-order valence-corrected chi connectivity index (χ0v) is 25.9. The molecule has 0 fully saturated rings. The van der Waals surface area contributed by atoms with E-state index in [0.29, 0.717) is 50.0 Å². The van der Waals surface area contributed by atoms with Crippen molar-refractivity contribution in [2.24, 2.45) is 0 Å². The van der Waals surface area contributed by atoms with Crippen molar-refractivity contribution < 1.29 is 13.2 Å². The molecule has 2 aromatic heterocycles. The van der Waals surface area contributed by atoms with Gasteiger partial charge in [-0.1, -0.05) is 60.7 Å². The number of alkyl halides is 3. The summed E-state index contributed by atoms with van der Waals surface area (Å²) in [5.74, 6) is 0. The number of nitriles is 2. The Morgan fingerprint density at radius 2 is 1.04 bits per heavy atom. The predicted molar refractivity (Wildman–Crippen MR) is 184 cm³/mol. The molecule has 0 saturated heterocycles. The van der Waals surface area contributed by atoms with Gasteiger partial charge in [0.05, 0.1) is 62.3 Å². The Hall–Kier alpha value is -6.31. The minimum Gasteiger partial charge on any atom is -0.308 e. The second kappa shape index (κ2) is 10.6. The number of halogens is 3. The zero-order chi connectivity index (χ0) is 33.3. The first-order valence-corrected chi connectivity index (χ1v) is 15.4. The van der Waals surface area contributed by atoms with Crippen molar-refractivity contribution >= 4 is 43.6 Å². The molecule has 0 atom stereocenters. The fourth-order valence-electron chi connectivity index (χ4n) is 7.06. The van der Waals surface area contributed by atoms with Crippen LogP contribution in [0.5, 0.6) is 0 Å². The third kappa shape index (κ3) is 4.44. The van der Waals surface area contributed by atoms with Crippen LogP contribution in [0, 0.1) is 36.5 Å². The Morgan fingerprint density at radius 3 is 1.62 bits per heavy atom. The van der Waals surface area contributed by atoms with E-state index in [0.717, 1.165) is 44.4 Å². The first-order chi connectivity index (χ1) is 23.2. The van der Waals surface area contributed by atoms with Gasteiger partial charge in [0, 0.05) is 27.1 Å². The molecule has 0 aliphatic heterocycles. The largest absolute Gasteiger partial charge is 0.416 e. The van der Waals surface area contributed by atoms with E-state index >= 15 is 0 Å². The number of aryl methyl sites for hydroxylation is 2. The van der Waals surface area contributed by atoms with Crippen molar-refractivity contribution in [2.75, 3.05) is 0 Å². The van der Waals surface area contributed by atoms with Crippen LogP contribution >= 0.6 is 0 Å². The normalized spacial score (nSPS) is 11.8. The van der Waals surface area contributed by atoms with Gasteiger partial charge in [-0.25, -0.2) is 0 Å². The Kier molecular flexibility index (Phi) is 6.44. The number of hydrogen-bond donors (Lipinski definition) is 0. The van der Waals surface area contributed by atoms with Gasteiger partial charge in [-0.2, -0.15) is 23.7 Å². The fourth-order valence-corrected chi connectivity index (χ4v) is 7.06.